The molecule has 0 saturated carbocycles. The summed E-state index contributed by atoms with van der Waals surface area (Å²) in [7, 11) is 0. The molecule has 2 atom stereocenters. The van der Waals surface area contributed by atoms with Crippen LogP contribution in [0.1, 0.15) is 30.0 Å². The van der Waals surface area contributed by atoms with Crippen molar-refractivity contribution in [3.05, 3.63) is 35.4 Å². The third-order valence-electron chi connectivity index (χ3n) is 4.71. The average molecular weight is 259 g/mol. The van der Waals surface area contributed by atoms with E-state index in [0.29, 0.717) is 0 Å². The molecule has 2 aliphatic heterocycles. The number of piperazine rings is 1. The van der Waals surface area contributed by atoms with E-state index >= 15 is 0 Å². The second-order valence-corrected chi connectivity index (χ2v) is 6.05. The molecule has 2 heterocycles. The summed E-state index contributed by atoms with van der Waals surface area (Å²) < 4.78 is 0. The third-order valence-corrected chi connectivity index (χ3v) is 4.71. The minimum absolute atomic E-state index is 0.147. The molecular formula is C16H25N3. The Morgan fingerprint density at radius 3 is 2.95 bits per heavy atom. The van der Waals surface area contributed by atoms with Crippen molar-refractivity contribution in [3.63, 3.8) is 0 Å². The molecule has 2 fully saturated rings. The van der Waals surface area contributed by atoms with E-state index in [0.717, 1.165) is 12.6 Å². The van der Waals surface area contributed by atoms with E-state index in [2.05, 4.69) is 41.0 Å². The van der Waals surface area contributed by atoms with Crippen molar-refractivity contribution in [2.75, 3.05) is 32.7 Å². The van der Waals surface area contributed by atoms with Crippen molar-refractivity contribution in [2.24, 2.45) is 5.73 Å². The second-order valence-electron chi connectivity index (χ2n) is 6.05. The first-order chi connectivity index (χ1) is 9.24. The zero-order chi connectivity index (χ0) is 13.2. The minimum Gasteiger partial charge on any atom is -0.323 e. The maximum atomic E-state index is 6.41. The largest absolute Gasteiger partial charge is 0.323 e. The van der Waals surface area contributed by atoms with E-state index in [-0.39, 0.29) is 6.04 Å². The summed E-state index contributed by atoms with van der Waals surface area (Å²) in [5.74, 6) is 0. The lowest BCUT2D eigenvalue weighted by Crippen LogP contribution is -2.51. The zero-order valence-electron chi connectivity index (χ0n) is 11.9. The van der Waals surface area contributed by atoms with E-state index in [1.807, 2.05) is 0 Å². The lowest BCUT2D eigenvalue weighted by Gasteiger charge is -2.38. The third kappa shape index (κ3) is 2.83. The first kappa shape index (κ1) is 13.1. The maximum absolute atomic E-state index is 6.41. The van der Waals surface area contributed by atoms with Gasteiger partial charge in [-0.05, 0) is 37.4 Å². The van der Waals surface area contributed by atoms with Crippen molar-refractivity contribution in [2.45, 2.75) is 31.8 Å². The molecule has 2 saturated heterocycles. The molecule has 2 N–H and O–H groups in total. The number of rotatable bonds is 3. The predicted molar refractivity (Wildman–Crippen MR) is 79.1 cm³/mol. The highest BCUT2D eigenvalue weighted by Crippen LogP contribution is 2.23. The lowest BCUT2D eigenvalue weighted by atomic mass is 10.0. The molecule has 104 valence electrons. The van der Waals surface area contributed by atoms with Gasteiger partial charge in [0.05, 0.1) is 0 Å². The summed E-state index contributed by atoms with van der Waals surface area (Å²) in [6.45, 7) is 8.07. The zero-order valence-corrected chi connectivity index (χ0v) is 11.9. The van der Waals surface area contributed by atoms with Crippen LogP contribution in [-0.2, 0) is 0 Å². The summed E-state index contributed by atoms with van der Waals surface area (Å²) >= 11 is 0. The molecule has 0 aliphatic carbocycles. The van der Waals surface area contributed by atoms with Crippen molar-refractivity contribution in [3.8, 4) is 0 Å². The van der Waals surface area contributed by atoms with Gasteiger partial charge in [-0.3, -0.25) is 9.80 Å². The highest BCUT2D eigenvalue weighted by Gasteiger charge is 2.31. The highest BCUT2D eigenvalue weighted by molar-refractivity contribution is 5.28. The van der Waals surface area contributed by atoms with Gasteiger partial charge in [-0.1, -0.05) is 24.3 Å². The SMILES string of the molecule is Cc1ccccc1C(N)CN1CCN2CCCC2C1. The number of nitrogens with two attached hydrogens (primary N) is 1. The minimum atomic E-state index is 0.147. The van der Waals surface area contributed by atoms with Crippen LogP contribution < -0.4 is 5.73 Å². The number of hydrogen-bond donors (Lipinski definition) is 1. The van der Waals surface area contributed by atoms with Gasteiger partial charge < -0.3 is 5.73 Å². The number of nitrogens with zero attached hydrogens (tertiary/aromatic N) is 2. The van der Waals surface area contributed by atoms with Gasteiger partial charge in [0, 0.05) is 38.3 Å². The van der Waals surface area contributed by atoms with Crippen molar-refractivity contribution >= 4 is 0 Å². The van der Waals surface area contributed by atoms with E-state index in [9.17, 15) is 0 Å². The van der Waals surface area contributed by atoms with Gasteiger partial charge in [0.2, 0.25) is 0 Å². The van der Waals surface area contributed by atoms with E-state index < -0.39 is 0 Å². The number of fused-ring (bicyclic) bond motifs is 1. The van der Waals surface area contributed by atoms with Gasteiger partial charge in [-0.15, -0.1) is 0 Å². The second kappa shape index (κ2) is 5.61. The van der Waals surface area contributed by atoms with Crippen molar-refractivity contribution in [1.29, 1.82) is 0 Å². The van der Waals surface area contributed by atoms with Crippen LogP contribution in [0.3, 0.4) is 0 Å². The quantitative estimate of drug-likeness (QED) is 0.898. The average Bonchev–Trinajstić information content (AvgIpc) is 2.86. The van der Waals surface area contributed by atoms with E-state index in [1.165, 1.54) is 50.1 Å². The Kier molecular flexibility index (Phi) is 3.87. The Morgan fingerprint density at radius 1 is 1.26 bits per heavy atom. The molecule has 2 unspecified atom stereocenters. The van der Waals surface area contributed by atoms with Crippen LogP contribution in [0, 0.1) is 6.92 Å². The van der Waals surface area contributed by atoms with Crippen molar-refractivity contribution in [1.82, 2.24) is 9.80 Å². The lowest BCUT2D eigenvalue weighted by molar-refractivity contribution is 0.0998. The first-order valence-electron chi connectivity index (χ1n) is 7.51. The molecule has 0 bridgehead atoms. The summed E-state index contributed by atoms with van der Waals surface area (Å²) in [5, 5.41) is 0. The normalized spacial score (nSPS) is 26.3. The fourth-order valence-electron chi connectivity index (χ4n) is 3.60. The topological polar surface area (TPSA) is 32.5 Å². The van der Waals surface area contributed by atoms with Crippen LogP contribution in [0.4, 0.5) is 0 Å². The van der Waals surface area contributed by atoms with Gasteiger partial charge in [0.15, 0.2) is 0 Å². The molecule has 0 spiro atoms. The smallest absolute Gasteiger partial charge is 0.0426 e. The van der Waals surface area contributed by atoms with Gasteiger partial charge >= 0.3 is 0 Å². The summed E-state index contributed by atoms with van der Waals surface area (Å²) in [6, 6.07) is 9.45. The van der Waals surface area contributed by atoms with E-state index in [1.54, 1.807) is 0 Å². The van der Waals surface area contributed by atoms with Gasteiger partial charge in [-0.25, -0.2) is 0 Å². The van der Waals surface area contributed by atoms with Crippen LogP contribution >= 0.6 is 0 Å². The molecule has 1 aromatic carbocycles. The molecule has 0 amide bonds. The standard InChI is InChI=1S/C16H25N3/c1-13-5-2-3-7-15(13)16(17)12-18-9-10-19-8-4-6-14(19)11-18/h2-3,5,7,14,16H,4,6,8-12,17H2,1H3. The molecule has 1 aromatic rings. The fraction of sp³-hybridized carbons (Fsp3) is 0.625. The molecule has 2 aliphatic rings. The van der Waals surface area contributed by atoms with Gasteiger partial charge in [-0.2, -0.15) is 0 Å². The monoisotopic (exact) mass is 259 g/mol. The van der Waals surface area contributed by atoms with E-state index in [4.69, 9.17) is 5.73 Å². The molecular weight excluding hydrogens is 234 g/mol. The summed E-state index contributed by atoms with van der Waals surface area (Å²) in [6.07, 6.45) is 2.75. The molecule has 0 aromatic heterocycles. The van der Waals surface area contributed by atoms with Crippen LogP contribution in [0.15, 0.2) is 24.3 Å². The maximum Gasteiger partial charge on any atom is 0.0426 e. The number of benzene rings is 1. The molecule has 3 nitrogen and oxygen atoms in total. The van der Waals surface area contributed by atoms with Crippen LogP contribution in [0.2, 0.25) is 0 Å². The Morgan fingerprint density at radius 2 is 2.11 bits per heavy atom. The van der Waals surface area contributed by atoms with Crippen LogP contribution in [-0.4, -0.2) is 48.6 Å². The Hall–Kier alpha value is -0.900. The van der Waals surface area contributed by atoms with Gasteiger partial charge in [0.25, 0.3) is 0 Å². The Bertz CT molecular complexity index is 432. The Labute approximate surface area is 116 Å². The Balaban J connectivity index is 1.61. The van der Waals surface area contributed by atoms with Gasteiger partial charge in [0.1, 0.15) is 0 Å². The first-order valence-corrected chi connectivity index (χ1v) is 7.51. The molecule has 3 rings (SSSR count). The van der Waals surface area contributed by atoms with Crippen LogP contribution in [0.25, 0.3) is 0 Å². The van der Waals surface area contributed by atoms with Crippen LogP contribution in [0.5, 0.6) is 0 Å². The molecule has 3 heteroatoms. The molecule has 19 heavy (non-hydrogen) atoms. The van der Waals surface area contributed by atoms with Crippen molar-refractivity contribution < 1.29 is 0 Å². The summed E-state index contributed by atoms with van der Waals surface area (Å²) in [4.78, 5) is 5.21. The molecule has 0 radical (unpaired) electrons. The predicted octanol–water partition coefficient (Wildman–Crippen LogP) is 1.77. The number of aryl methyl sites for hydroxylation is 1. The number of hydrogen-bond acceptors (Lipinski definition) is 3. The highest BCUT2D eigenvalue weighted by atomic mass is 15.3. The fourth-order valence-corrected chi connectivity index (χ4v) is 3.60. The summed E-state index contributed by atoms with van der Waals surface area (Å²) in [5.41, 5.74) is 9.03.